The average molecular weight is 378 g/mol. The molecule has 1 aromatic rings. The van der Waals surface area contributed by atoms with Crippen molar-refractivity contribution < 1.29 is 14.7 Å². The maximum atomic E-state index is 12.7. The Morgan fingerprint density at radius 2 is 1.88 bits per heavy atom. The molecule has 134 valence electrons. The molecule has 1 aliphatic heterocycles. The first-order valence-electron chi connectivity index (χ1n) is 8.36. The second-order valence-corrected chi connectivity index (χ2v) is 8.22. The summed E-state index contributed by atoms with van der Waals surface area (Å²) in [5, 5.41) is 9.55. The van der Waals surface area contributed by atoms with Crippen molar-refractivity contribution in [2.24, 2.45) is 5.92 Å². The minimum atomic E-state index is -1.02. The van der Waals surface area contributed by atoms with Crippen LogP contribution in [0.1, 0.15) is 51.2 Å². The molecule has 2 rings (SSSR count). The van der Waals surface area contributed by atoms with Gasteiger partial charge >= 0.3 is 5.97 Å². The molecule has 4 nitrogen and oxygen atoms in total. The number of aliphatic carboxylic acids is 1. The zero-order valence-electron chi connectivity index (χ0n) is 14.9. The molecule has 0 saturated carbocycles. The summed E-state index contributed by atoms with van der Waals surface area (Å²) in [5.74, 6) is -1.08. The lowest BCUT2D eigenvalue weighted by atomic mass is 9.98. The summed E-state index contributed by atoms with van der Waals surface area (Å²) >= 11 is 6.46. The molecule has 0 bridgehead atoms. The van der Waals surface area contributed by atoms with Crippen molar-refractivity contribution in [1.29, 1.82) is 0 Å². The number of carboxylic acid groups (broad SMARTS) is 1. The van der Waals surface area contributed by atoms with Gasteiger partial charge in [0.1, 0.15) is 10.4 Å². The Morgan fingerprint density at radius 1 is 1.28 bits per heavy atom. The van der Waals surface area contributed by atoms with Gasteiger partial charge in [-0.1, -0.05) is 82.4 Å². The minimum absolute atomic E-state index is 0.176. The number of thioether (sulfide) groups is 1. The molecule has 0 aromatic heterocycles. The van der Waals surface area contributed by atoms with E-state index < -0.39 is 12.0 Å². The summed E-state index contributed by atoms with van der Waals surface area (Å²) in [7, 11) is 0. The fraction of sp³-hybridized carbons (Fsp3) is 0.421. The largest absolute Gasteiger partial charge is 0.480 e. The summed E-state index contributed by atoms with van der Waals surface area (Å²) in [4.78, 5) is 26.1. The van der Waals surface area contributed by atoms with E-state index in [1.54, 1.807) is 6.08 Å². The van der Waals surface area contributed by atoms with Crippen LogP contribution in [0, 0.1) is 5.92 Å². The molecule has 1 saturated heterocycles. The van der Waals surface area contributed by atoms with Gasteiger partial charge < -0.3 is 5.11 Å². The van der Waals surface area contributed by atoms with Gasteiger partial charge in [0.25, 0.3) is 5.91 Å². The number of carbonyl (C=O) groups excluding carboxylic acids is 1. The molecular formula is C19H23NO3S2. The maximum Gasteiger partial charge on any atom is 0.327 e. The maximum absolute atomic E-state index is 12.7. The Bertz CT molecular complexity index is 710. The van der Waals surface area contributed by atoms with E-state index in [1.165, 1.54) is 22.2 Å². The molecule has 1 amide bonds. The predicted octanol–water partition coefficient (Wildman–Crippen LogP) is 4.51. The number of hydrogen-bond acceptors (Lipinski definition) is 4. The number of amides is 1. The number of rotatable bonds is 6. The number of benzene rings is 1. The lowest BCUT2D eigenvalue weighted by Crippen LogP contribution is -2.47. The van der Waals surface area contributed by atoms with Crippen LogP contribution in [0.3, 0.4) is 0 Å². The fourth-order valence-electron chi connectivity index (χ4n) is 2.68. The fourth-order valence-corrected chi connectivity index (χ4v) is 4.01. The lowest BCUT2D eigenvalue weighted by molar-refractivity contribution is -0.147. The Labute approximate surface area is 158 Å². The van der Waals surface area contributed by atoms with Crippen LogP contribution < -0.4 is 0 Å². The van der Waals surface area contributed by atoms with Crippen LogP contribution >= 0.6 is 24.0 Å². The number of hydrogen-bond donors (Lipinski definition) is 1. The highest BCUT2D eigenvalue weighted by atomic mass is 32.2. The van der Waals surface area contributed by atoms with Crippen molar-refractivity contribution >= 4 is 46.3 Å². The standard InChI is InChI=1S/C19H23NO3S2/c1-5-12(4)16(18(22)23)20-17(21)15(25-19(20)24)10-13-6-8-14(9-7-13)11(2)3/h6-12,16H,5H2,1-4H3,(H,22,23). The Morgan fingerprint density at radius 3 is 2.36 bits per heavy atom. The summed E-state index contributed by atoms with van der Waals surface area (Å²) < 4.78 is 0.308. The molecule has 0 radical (unpaired) electrons. The van der Waals surface area contributed by atoms with E-state index >= 15 is 0 Å². The highest BCUT2D eigenvalue weighted by Gasteiger charge is 2.42. The lowest BCUT2D eigenvalue weighted by Gasteiger charge is -2.27. The van der Waals surface area contributed by atoms with Gasteiger partial charge in [0.05, 0.1) is 4.91 Å². The van der Waals surface area contributed by atoms with Gasteiger partial charge in [-0.05, 0) is 29.0 Å². The van der Waals surface area contributed by atoms with E-state index in [2.05, 4.69) is 13.8 Å². The van der Waals surface area contributed by atoms with E-state index in [0.717, 1.165) is 5.56 Å². The zero-order chi connectivity index (χ0) is 18.7. The Hall–Kier alpha value is -1.66. The molecule has 25 heavy (non-hydrogen) atoms. The van der Waals surface area contributed by atoms with Crippen LogP contribution in [0.15, 0.2) is 29.2 Å². The smallest absolute Gasteiger partial charge is 0.327 e. The minimum Gasteiger partial charge on any atom is -0.480 e. The third-order valence-electron chi connectivity index (χ3n) is 4.44. The third-order valence-corrected chi connectivity index (χ3v) is 5.77. The van der Waals surface area contributed by atoms with Gasteiger partial charge in [-0.3, -0.25) is 9.69 Å². The molecule has 0 spiro atoms. The predicted molar refractivity (Wildman–Crippen MR) is 106 cm³/mol. The van der Waals surface area contributed by atoms with E-state index in [-0.39, 0.29) is 11.8 Å². The SMILES string of the molecule is CCC(C)C(C(=O)O)N1C(=O)C(=Cc2ccc(C(C)C)cc2)SC1=S. The number of nitrogens with zero attached hydrogens (tertiary/aromatic N) is 1. The van der Waals surface area contributed by atoms with Crippen molar-refractivity contribution in [2.75, 3.05) is 0 Å². The molecule has 1 heterocycles. The molecule has 1 fully saturated rings. The van der Waals surface area contributed by atoms with Crippen LogP contribution in [0.2, 0.25) is 0 Å². The van der Waals surface area contributed by atoms with Gasteiger partial charge in [0.2, 0.25) is 0 Å². The first-order valence-corrected chi connectivity index (χ1v) is 9.58. The summed E-state index contributed by atoms with van der Waals surface area (Å²) in [6, 6.07) is 7.08. The monoisotopic (exact) mass is 377 g/mol. The topological polar surface area (TPSA) is 57.6 Å². The third kappa shape index (κ3) is 4.30. The summed E-state index contributed by atoms with van der Waals surface area (Å²) in [6.45, 7) is 7.98. The second-order valence-electron chi connectivity index (χ2n) is 6.54. The van der Waals surface area contributed by atoms with Gasteiger partial charge in [0, 0.05) is 0 Å². The molecular weight excluding hydrogens is 354 g/mol. The first kappa shape index (κ1) is 19.7. The molecule has 0 aliphatic carbocycles. The van der Waals surface area contributed by atoms with Gasteiger partial charge in [-0.2, -0.15) is 0 Å². The Kier molecular flexibility index (Phi) is 6.41. The van der Waals surface area contributed by atoms with Crippen molar-refractivity contribution in [3.05, 3.63) is 40.3 Å². The van der Waals surface area contributed by atoms with Crippen LogP contribution in [0.4, 0.5) is 0 Å². The normalized spacial score (nSPS) is 18.9. The molecule has 6 heteroatoms. The number of carboxylic acids is 1. The Balaban J connectivity index is 2.29. The molecule has 2 unspecified atom stereocenters. The molecule has 1 N–H and O–H groups in total. The van der Waals surface area contributed by atoms with Crippen LogP contribution in [0.25, 0.3) is 6.08 Å². The van der Waals surface area contributed by atoms with Crippen molar-refractivity contribution in [1.82, 2.24) is 4.90 Å². The van der Waals surface area contributed by atoms with Gasteiger partial charge in [-0.15, -0.1) is 0 Å². The number of carbonyl (C=O) groups is 2. The molecule has 1 aliphatic rings. The van der Waals surface area contributed by atoms with Crippen molar-refractivity contribution in [2.45, 2.75) is 46.1 Å². The first-order chi connectivity index (χ1) is 11.8. The van der Waals surface area contributed by atoms with Crippen LogP contribution in [-0.2, 0) is 9.59 Å². The van der Waals surface area contributed by atoms with Gasteiger partial charge in [-0.25, -0.2) is 4.79 Å². The van der Waals surface area contributed by atoms with Gasteiger partial charge in [0.15, 0.2) is 0 Å². The molecule has 1 aromatic carbocycles. The van der Waals surface area contributed by atoms with Crippen LogP contribution in [-0.4, -0.2) is 32.2 Å². The van der Waals surface area contributed by atoms with E-state index in [1.807, 2.05) is 38.1 Å². The summed E-state index contributed by atoms with van der Waals surface area (Å²) in [6.07, 6.45) is 2.43. The highest BCUT2D eigenvalue weighted by molar-refractivity contribution is 8.26. The quantitative estimate of drug-likeness (QED) is 0.584. The average Bonchev–Trinajstić information content (AvgIpc) is 2.82. The number of thiocarbonyl (C=S) groups is 1. The summed E-state index contributed by atoms with van der Waals surface area (Å²) in [5.41, 5.74) is 2.13. The second kappa shape index (κ2) is 8.15. The van der Waals surface area contributed by atoms with E-state index in [4.69, 9.17) is 12.2 Å². The highest BCUT2D eigenvalue weighted by Crippen LogP contribution is 2.36. The van der Waals surface area contributed by atoms with E-state index in [0.29, 0.717) is 21.6 Å². The van der Waals surface area contributed by atoms with Crippen molar-refractivity contribution in [3.8, 4) is 0 Å². The van der Waals surface area contributed by atoms with Crippen molar-refractivity contribution in [3.63, 3.8) is 0 Å². The molecule has 2 atom stereocenters. The van der Waals surface area contributed by atoms with E-state index in [9.17, 15) is 14.7 Å². The zero-order valence-corrected chi connectivity index (χ0v) is 16.5. The van der Waals surface area contributed by atoms with Crippen LogP contribution in [0.5, 0.6) is 0 Å².